The molecule has 1 aromatic carbocycles. The highest BCUT2D eigenvalue weighted by atomic mass is 35.5. The number of rotatable bonds is 7. The van der Waals surface area contributed by atoms with Gasteiger partial charge in [0.15, 0.2) is 0 Å². The van der Waals surface area contributed by atoms with Crippen molar-refractivity contribution in [3.8, 4) is 5.75 Å². The Labute approximate surface area is 115 Å². The molecular weight excluding hydrogens is 246 g/mol. The van der Waals surface area contributed by atoms with Crippen LogP contribution in [0.4, 0.5) is 0 Å². The number of methoxy groups -OCH3 is 1. The molecule has 18 heavy (non-hydrogen) atoms. The Morgan fingerprint density at radius 3 is 2.72 bits per heavy atom. The molecule has 0 aliphatic heterocycles. The third-order valence-electron chi connectivity index (χ3n) is 3.01. The van der Waals surface area contributed by atoms with Crippen LogP contribution in [0, 0.1) is 0 Å². The van der Waals surface area contributed by atoms with Crippen LogP contribution in [0.2, 0.25) is 5.02 Å². The van der Waals surface area contributed by atoms with Crippen LogP contribution in [0.5, 0.6) is 5.75 Å². The minimum atomic E-state index is 0.205. The molecule has 0 saturated heterocycles. The van der Waals surface area contributed by atoms with Crippen molar-refractivity contribution >= 4 is 11.6 Å². The van der Waals surface area contributed by atoms with Gasteiger partial charge in [0.05, 0.1) is 7.11 Å². The summed E-state index contributed by atoms with van der Waals surface area (Å²) in [6.45, 7) is 9.21. The molecule has 1 atom stereocenters. The molecule has 3 heteroatoms. The highest BCUT2D eigenvalue weighted by Gasteiger charge is 2.16. The van der Waals surface area contributed by atoms with Crippen LogP contribution >= 0.6 is 11.6 Å². The highest BCUT2D eigenvalue weighted by molar-refractivity contribution is 6.30. The summed E-state index contributed by atoms with van der Waals surface area (Å²) in [7, 11) is 1.68. The fraction of sp³-hybridized carbons (Fsp3) is 0.467. The van der Waals surface area contributed by atoms with E-state index in [0.717, 1.165) is 35.7 Å². The summed E-state index contributed by atoms with van der Waals surface area (Å²) in [5.74, 6) is 0.870. The first-order chi connectivity index (χ1) is 8.62. The second-order valence-corrected chi connectivity index (χ2v) is 4.74. The zero-order chi connectivity index (χ0) is 13.5. The standard InChI is InChI=1S/C15H22ClNO/c1-5-11(3)9-14(17-6-2)13-10-12(16)7-8-15(13)18-4/h7-8,10,14,17H,3,5-6,9H2,1-2,4H3. The van der Waals surface area contributed by atoms with Gasteiger partial charge in [0.2, 0.25) is 0 Å². The van der Waals surface area contributed by atoms with E-state index in [4.69, 9.17) is 16.3 Å². The van der Waals surface area contributed by atoms with Crippen molar-refractivity contribution in [1.29, 1.82) is 0 Å². The molecule has 1 rings (SSSR count). The summed E-state index contributed by atoms with van der Waals surface area (Å²) < 4.78 is 5.41. The molecule has 0 aliphatic carbocycles. The number of halogens is 1. The lowest BCUT2D eigenvalue weighted by Gasteiger charge is -2.21. The average Bonchev–Trinajstić information content (AvgIpc) is 2.38. The van der Waals surface area contributed by atoms with Crippen molar-refractivity contribution in [2.45, 2.75) is 32.7 Å². The van der Waals surface area contributed by atoms with Crippen LogP contribution < -0.4 is 10.1 Å². The monoisotopic (exact) mass is 267 g/mol. The molecule has 0 radical (unpaired) electrons. The number of nitrogens with one attached hydrogen (secondary N) is 1. The zero-order valence-corrected chi connectivity index (χ0v) is 12.2. The maximum atomic E-state index is 6.08. The third kappa shape index (κ3) is 4.04. The molecule has 0 fully saturated rings. The smallest absolute Gasteiger partial charge is 0.123 e. The molecule has 1 N–H and O–H groups in total. The molecule has 1 aromatic rings. The fourth-order valence-corrected chi connectivity index (χ4v) is 2.13. The number of hydrogen-bond donors (Lipinski definition) is 1. The Kier molecular flexibility index (Phi) is 6.23. The molecule has 100 valence electrons. The van der Waals surface area contributed by atoms with E-state index in [1.807, 2.05) is 18.2 Å². The number of hydrogen-bond acceptors (Lipinski definition) is 2. The number of benzene rings is 1. The van der Waals surface area contributed by atoms with E-state index in [2.05, 4.69) is 25.7 Å². The van der Waals surface area contributed by atoms with E-state index in [-0.39, 0.29) is 6.04 Å². The molecule has 0 bridgehead atoms. The molecule has 0 amide bonds. The molecule has 0 saturated carbocycles. The lowest BCUT2D eigenvalue weighted by atomic mass is 9.97. The minimum Gasteiger partial charge on any atom is -0.496 e. The van der Waals surface area contributed by atoms with Gasteiger partial charge >= 0.3 is 0 Å². The van der Waals surface area contributed by atoms with E-state index in [9.17, 15) is 0 Å². The SMILES string of the molecule is C=C(CC)CC(NCC)c1cc(Cl)ccc1OC. The summed E-state index contributed by atoms with van der Waals surface area (Å²) in [5.41, 5.74) is 2.32. The highest BCUT2D eigenvalue weighted by Crippen LogP contribution is 2.31. The van der Waals surface area contributed by atoms with Gasteiger partial charge in [-0.05, 0) is 37.6 Å². The first kappa shape index (κ1) is 15.1. The van der Waals surface area contributed by atoms with Gasteiger partial charge in [-0.2, -0.15) is 0 Å². The maximum Gasteiger partial charge on any atom is 0.123 e. The van der Waals surface area contributed by atoms with Crippen LogP contribution in [0.25, 0.3) is 0 Å². The van der Waals surface area contributed by atoms with Gasteiger partial charge in [0.1, 0.15) is 5.75 Å². The summed E-state index contributed by atoms with van der Waals surface area (Å²) in [6.07, 6.45) is 1.89. The zero-order valence-electron chi connectivity index (χ0n) is 11.4. The van der Waals surface area contributed by atoms with Gasteiger partial charge in [-0.15, -0.1) is 0 Å². The van der Waals surface area contributed by atoms with E-state index in [0.29, 0.717) is 0 Å². The van der Waals surface area contributed by atoms with Crippen molar-refractivity contribution in [3.63, 3.8) is 0 Å². The van der Waals surface area contributed by atoms with E-state index in [1.54, 1.807) is 7.11 Å². The summed E-state index contributed by atoms with van der Waals surface area (Å²) >= 11 is 6.08. The lowest BCUT2D eigenvalue weighted by molar-refractivity contribution is 0.399. The topological polar surface area (TPSA) is 21.3 Å². The van der Waals surface area contributed by atoms with Crippen LogP contribution in [0.15, 0.2) is 30.4 Å². The van der Waals surface area contributed by atoms with E-state index >= 15 is 0 Å². The van der Waals surface area contributed by atoms with Gasteiger partial charge in [-0.3, -0.25) is 0 Å². The van der Waals surface area contributed by atoms with Crippen LogP contribution in [-0.4, -0.2) is 13.7 Å². The van der Waals surface area contributed by atoms with Crippen LogP contribution in [0.3, 0.4) is 0 Å². The van der Waals surface area contributed by atoms with Crippen molar-refractivity contribution in [2.24, 2.45) is 0 Å². The minimum absolute atomic E-state index is 0.205. The van der Waals surface area contributed by atoms with E-state index < -0.39 is 0 Å². The summed E-state index contributed by atoms with van der Waals surface area (Å²) in [5, 5.41) is 4.20. The predicted molar refractivity (Wildman–Crippen MR) is 78.5 cm³/mol. The van der Waals surface area contributed by atoms with Gasteiger partial charge in [0.25, 0.3) is 0 Å². The number of ether oxygens (including phenoxy) is 1. The van der Waals surface area contributed by atoms with Gasteiger partial charge in [-0.1, -0.05) is 37.6 Å². The Balaban J connectivity index is 3.03. The molecule has 0 aliphatic rings. The second kappa shape index (κ2) is 7.45. The van der Waals surface area contributed by atoms with Crippen molar-refractivity contribution in [3.05, 3.63) is 40.9 Å². The summed E-state index contributed by atoms with van der Waals surface area (Å²) in [4.78, 5) is 0. The Morgan fingerprint density at radius 2 is 2.17 bits per heavy atom. The normalized spacial score (nSPS) is 12.2. The molecule has 0 aromatic heterocycles. The predicted octanol–water partition coefficient (Wildman–Crippen LogP) is 4.36. The molecule has 2 nitrogen and oxygen atoms in total. The largest absolute Gasteiger partial charge is 0.496 e. The van der Waals surface area contributed by atoms with Gasteiger partial charge in [-0.25, -0.2) is 0 Å². The first-order valence-electron chi connectivity index (χ1n) is 6.35. The van der Waals surface area contributed by atoms with Crippen molar-refractivity contribution < 1.29 is 4.74 Å². The summed E-state index contributed by atoms with van der Waals surface area (Å²) in [6, 6.07) is 5.94. The fourth-order valence-electron chi connectivity index (χ4n) is 1.95. The van der Waals surface area contributed by atoms with Crippen LogP contribution in [-0.2, 0) is 0 Å². The average molecular weight is 268 g/mol. The van der Waals surface area contributed by atoms with Crippen molar-refractivity contribution in [2.75, 3.05) is 13.7 Å². The maximum absolute atomic E-state index is 6.08. The third-order valence-corrected chi connectivity index (χ3v) is 3.25. The van der Waals surface area contributed by atoms with E-state index in [1.165, 1.54) is 5.57 Å². The Bertz CT molecular complexity index is 403. The Hall–Kier alpha value is -0.990. The lowest BCUT2D eigenvalue weighted by Crippen LogP contribution is -2.22. The molecule has 1 unspecified atom stereocenters. The van der Waals surface area contributed by atoms with Gasteiger partial charge in [0, 0.05) is 16.6 Å². The van der Waals surface area contributed by atoms with Crippen LogP contribution in [0.1, 0.15) is 38.3 Å². The quantitative estimate of drug-likeness (QED) is 0.742. The molecule has 0 heterocycles. The molecular formula is C15H22ClNO. The van der Waals surface area contributed by atoms with Crippen molar-refractivity contribution in [1.82, 2.24) is 5.32 Å². The Morgan fingerprint density at radius 1 is 1.44 bits per heavy atom. The first-order valence-corrected chi connectivity index (χ1v) is 6.73. The molecule has 0 spiro atoms. The second-order valence-electron chi connectivity index (χ2n) is 4.30. The van der Waals surface area contributed by atoms with Gasteiger partial charge < -0.3 is 10.1 Å².